The van der Waals surface area contributed by atoms with Crippen molar-refractivity contribution in [1.29, 1.82) is 0 Å². The van der Waals surface area contributed by atoms with E-state index in [1.807, 2.05) is 6.92 Å². The van der Waals surface area contributed by atoms with Crippen LogP contribution in [0.2, 0.25) is 0 Å². The number of hydrogen-bond acceptors (Lipinski definition) is 3. The van der Waals surface area contributed by atoms with Gasteiger partial charge < -0.3 is 5.32 Å². The number of sulfonamides is 1. The van der Waals surface area contributed by atoms with Gasteiger partial charge in [-0.25, -0.2) is 12.7 Å². The van der Waals surface area contributed by atoms with Crippen molar-refractivity contribution in [2.45, 2.75) is 19.8 Å². The Kier molecular flexibility index (Phi) is 4.34. The fourth-order valence-electron chi connectivity index (χ4n) is 1.39. The lowest BCUT2D eigenvalue weighted by molar-refractivity contribution is 0.411. The Bertz CT molecular complexity index is 260. The maximum Gasteiger partial charge on any atom is 0.215 e. The molecule has 0 amide bonds. The van der Waals surface area contributed by atoms with Gasteiger partial charge in [0.05, 0.1) is 5.75 Å². The highest BCUT2D eigenvalue weighted by Crippen LogP contribution is 2.30. The highest BCUT2D eigenvalue weighted by molar-refractivity contribution is 7.89. The predicted molar refractivity (Wildman–Crippen MR) is 57.7 cm³/mol. The average molecular weight is 220 g/mol. The summed E-state index contributed by atoms with van der Waals surface area (Å²) in [5.74, 6) is 0.837. The summed E-state index contributed by atoms with van der Waals surface area (Å²) in [4.78, 5) is 0. The fourth-order valence-corrected chi connectivity index (χ4v) is 2.94. The van der Waals surface area contributed by atoms with E-state index in [0.717, 1.165) is 6.54 Å². The normalized spacial score (nSPS) is 17.6. The van der Waals surface area contributed by atoms with Gasteiger partial charge in [0.1, 0.15) is 0 Å². The smallest absolute Gasteiger partial charge is 0.215 e. The van der Waals surface area contributed by atoms with E-state index < -0.39 is 10.0 Å². The van der Waals surface area contributed by atoms with Crippen LogP contribution >= 0.6 is 0 Å². The minimum absolute atomic E-state index is 0.212. The molecule has 4 nitrogen and oxygen atoms in total. The molecule has 0 unspecified atom stereocenters. The molecular weight excluding hydrogens is 200 g/mol. The minimum Gasteiger partial charge on any atom is -0.319 e. The van der Waals surface area contributed by atoms with E-state index in [-0.39, 0.29) is 5.75 Å². The molecule has 0 heterocycles. The Balaban J connectivity index is 2.47. The summed E-state index contributed by atoms with van der Waals surface area (Å²) < 4.78 is 25.2. The monoisotopic (exact) mass is 220 g/mol. The molecule has 1 aliphatic carbocycles. The summed E-state index contributed by atoms with van der Waals surface area (Å²) in [6.07, 6.45) is 2.39. The van der Waals surface area contributed by atoms with Gasteiger partial charge in [-0.1, -0.05) is 6.92 Å². The summed E-state index contributed by atoms with van der Waals surface area (Å²) in [5.41, 5.74) is 0. The van der Waals surface area contributed by atoms with Crippen LogP contribution in [-0.2, 0) is 10.0 Å². The van der Waals surface area contributed by atoms with E-state index in [9.17, 15) is 8.42 Å². The van der Waals surface area contributed by atoms with Gasteiger partial charge in [0.15, 0.2) is 0 Å². The van der Waals surface area contributed by atoms with Crippen molar-refractivity contribution in [3.8, 4) is 0 Å². The van der Waals surface area contributed by atoms with Gasteiger partial charge >= 0.3 is 0 Å². The van der Waals surface area contributed by atoms with Crippen LogP contribution in [0.15, 0.2) is 0 Å². The second-order valence-electron chi connectivity index (χ2n) is 3.81. The maximum atomic E-state index is 11.8. The lowest BCUT2D eigenvalue weighted by Crippen LogP contribution is -2.37. The lowest BCUT2D eigenvalue weighted by atomic mass is 10.4. The number of hydrogen-bond donors (Lipinski definition) is 1. The Morgan fingerprint density at radius 2 is 2.07 bits per heavy atom. The van der Waals surface area contributed by atoms with E-state index in [2.05, 4.69) is 5.32 Å². The minimum atomic E-state index is -3.02. The summed E-state index contributed by atoms with van der Waals surface area (Å²) in [6.45, 7) is 3.76. The molecule has 84 valence electrons. The van der Waals surface area contributed by atoms with Crippen molar-refractivity contribution < 1.29 is 8.42 Å². The molecule has 0 aromatic carbocycles. The summed E-state index contributed by atoms with van der Waals surface area (Å²) in [5, 5.41) is 2.87. The van der Waals surface area contributed by atoms with Gasteiger partial charge in [-0.05, 0) is 25.8 Å². The predicted octanol–water partition coefficient (Wildman–Crippen LogP) is 0.268. The first-order chi connectivity index (χ1) is 6.60. The van der Waals surface area contributed by atoms with Gasteiger partial charge in [0.2, 0.25) is 10.0 Å². The van der Waals surface area contributed by atoms with Crippen LogP contribution in [0.25, 0.3) is 0 Å². The van der Waals surface area contributed by atoms with Gasteiger partial charge in [-0.3, -0.25) is 0 Å². The molecule has 0 aliphatic heterocycles. The molecular formula is C9H20N2O2S. The van der Waals surface area contributed by atoms with Crippen molar-refractivity contribution in [2.24, 2.45) is 5.92 Å². The molecule has 0 atom stereocenters. The van der Waals surface area contributed by atoms with E-state index >= 15 is 0 Å². The first kappa shape index (κ1) is 11.9. The molecule has 0 aromatic rings. The fraction of sp³-hybridized carbons (Fsp3) is 1.00. The maximum absolute atomic E-state index is 11.8. The summed E-state index contributed by atoms with van der Waals surface area (Å²) >= 11 is 0. The van der Waals surface area contributed by atoms with Crippen molar-refractivity contribution in [1.82, 2.24) is 9.62 Å². The molecule has 0 saturated heterocycles. The first-order valence-corrected chi connectivity index (χ1v) is 6.83. The van der Waals surface area contributed by atoms with Gasteiger partial charge in [0.25, 0.3) is 0 Å². The highest BCUT2D eigenvalue weighted by atomic mass is 32.2. The third-order valence-electron chi connectivity index (χ3n) is 2.51. The van der Waals surface area contributed by atoms with Crippen molar-refractivity contribution in [3.05, 3.63) is 0 Å². The zero-order chi connectivity index (χ0) is 10.6. The first-order valence-electron chi connectivity index (χ1n) is 5.22. The van der Waals surface area contributed by atoms with E-state index in [0.29, 0.717) is 19.0 Å². The SMILES string of the molecule is CCN(CC1CC1)S(=O)(=O)CCNC. The Labute approximate surface area is 86.7 Å². The highest BCUT2D eigenvalue weighted by Gasteiger charge is 2.29. The average Bonchev–Trinajstić information content (AvgIpc) is 2.94. The molecule has 0 spiro atoms. The molecule has 1 N–H and O–H groups in total. The van der Waals surface area contributed by atoms with Crippen molar-refractivity contribution in [3.63, 3.8) is 0 Å². The molecule has 1 saturated carbocycles. The second kappa shape index (κ2) is 5.09. The van der Waals surface area contributed by atoms with Crippen LogP contribution < -0.4 is 5.32 Å². The number of rotatable bonds is 7. The van der Waals surface area contributed by atoms with Crippen LogP contribution in [0.1, 0.15) is 19.8 Å². The summed E-state index contributed by atoms with van der Waals surface area (Å²) in [7, 11) is -1.25. The number of nitrogens with zero attached hydrogens (tertiary/aromatic N) is 1. The molecule has 5 heteroatoms. The molecule has 1 rings (SSSR count). The van der Waals surface area contributed by atoms with Crippen molar-refractivity contribution >= 4 is 10.0 Å². The quantitative estimate of drug-likeness (QED) is 0.670. The van der Waals surface area contributed by atoms with Gasteiger partial charge in [-0.15, -0.1) is 0 Å². The molecule has 0 bridgehead atoms. The van der Waals surface area contributed by atoms with Crippen LogP contribution in [0.3, 0.4) is 0 Å². The Morgan fingerprint density at radius 3 is 2.50 bits per heavy atom. The zero-order valence-corrected chi connectivity index (χ0v) is 9.81. The molecule has 14 heavy (non-hydrogen) atoms. The van der Waals surface area contributed by atoms with Crippen LogP contribution in [-0.4, -0.2) is 45.2 Å². The van der Waals surface area contributed by atoms with Crippen molar-refractivity contribution in [2.75, 3.05) is 32.4 Å². The van der Waals surface area contributed by atoms with Gasteiger partial charge in [0, 0.05) is 19.6 Å². The third-order valence-corrected chi connectivity index (χ3v) is 4.43. The molecule has 0 radical (unpaired) electrons. The summed E-state index contributed by atoms with van der Waals surface area (Å²) in [6, 6.07) is 0. The standard InChI is InChI=1S/C9H20N2O2S/c1-3-11(8-9-4-5-9)14(12,13)7-6-10-2/h9-10H,3-8H2,1-2H3. The number of nitrogens with one attached hydrogen (secondary N) is 1. The molecule has 1 fully saturated rings. The van der Waals surface area contributed by atoms with Crippen LogP contribution in [0.4, 0.5) is 0 Å². The van der Waals surface area contributed by atoms with E-state index in [4.69, 9.17) is 0 Å². The largest absolute Gasteiger partial charge is 0.319 e. The Hall–Kier alpha value is -0.130. The van der Waals surface area contributed by atoms with Gasteiger partial charge in [-0.2, -0.15) is 0 Å². The zero-order valence-electron chi connectivity index (χ0n) is 8.99. The van der Waals surface area contributed by atoms with E-state index in [1.54, 1.807) is 11.4 Å². The van der Waals surface area contributed by atoms with Crippen LogP contribution in [0, 0.1) is 5.92 Å². The van der Waals surface area contributed by atoms with Crippen LogP contribution in [0.5, 0.6) is 0 Å². The third kappa shape index (κ3) is 3.55. The topological polar surface area (TPSA) is 49.4 Å². The lowest BCUT2D eigenvalue weighted by Gasteiger charge is -2.19. The van der Waals surface area contributed by atoms with E-state index in [1.165, 1.54) is 12.8 Å². The second-order valence-corrected chi connectivity index (χ2v) is 5.90. The molecule has 0 aromatic heterocycles. The Morgan fingerprint density at radius 1 is 1.43 bits per heavy atom. The molecule has 1 aliphatic rings.